The molecule has 3 N–H and O–H groups in total. The van der Waals surface area contributed by atoms with Gasteiger partial charge in [0.05, 0.1) is 10.7 Å². The van der Waals surface area contributed by atoms with Gasteiger partial charge in [0.25, 0.3) is 0 Å². The summed E-state index contributed by atoms with van der Waals surface area (Å²) in [5, 5.41) is 14.7. The van der Waals surface area contributed by atoms with Crippen molar-refractivity contribution in [2.75, 3.05) is 6.61 Å². The van der Waals surface area contributed by atoms with E-state index in [1.165, 1.54) is 0 Å². The Bertz CT molecular complexity index is 325. The molecule has 5 heteroatoms. The third kappa shape index (κ3) is 2.96. The highest BCUT2D eigenvalue weighted by molar-refractivity contribution is 7.99. The Hall–Kier alpha value is -0.520. The molecule has 1 aromatic rings. The minimum absolute atomic E-state index is 0.225. The number of rotatable bonds is 5. The summed E-state index contributed by atoms with van der Waals surface area (Å²) in [6.45, 7) is 4.82. The summed E-state index contributed by atoms with van der Waals surface area (Å²) in [4.78, 5) is 0. The van der Waals surface area contributed by atoms with Crippen molar-refractivity contribution in [1.82, 2.24) is 9.78 Å². The molecule has 0 amide bonds. The summed E-state index contributed by atoms with van der Waals surface area (Å²) in [5.74, 6) is 0. The van der Waals surface area contributed by atoms with E-state index in [0.717, 1.165) is 22.7 Å². The maximum atomic E-state index is 8.86. The van der Waals surface area contributed by atoms with Crippen molar-refractivity contribution in [3.8, 4) is 0 Å². The van der Waals surface area contributed by atoms with Crippen LogP contribution >= 0.6 is 11.8 Å². The third-order valence-electron chi connectivity index (χ3n) is 2.34. The standard InChI is InChI=1S/C10H19N3OS/c1-7(4-5-14)15-10-9(6-11)8(2)12-13(10)3/h7,14H,4-6,11H2,1-3H3. The van der Waals surface area contributed by atoms with Gasteiger partial charge >= 0.3 is 0 Å². The fourth-order valence-corrected chi connectivity index (χ4v) is 2.67. The van der Waals surface area contributed by atoms with E-state index in [0.29, 0.717) is 11.8 Å². The second-order valence-corrected chi connectivity index (χ2v) is 5.06. The molecule has 1 atom stereocenters. The molecule has 1 rings (SSSR count). The number of thioether (sulfide) groups is 1. The minimum Gasteiger partial charge on any atom is -0.396 e. The topological polar surface area (TPSA) is 64.1 Å². The second-order valence-electron chi connectivity index (χ2n) is 3.64. The van der Waals surface area contributed by atoms with Gasteiger partial charge in [0.1, 0.15) is 0 Å². The van der Waals surface area contributed by atoms with E-state index in [1.54, 1.807) is 11.8 Å². The second kappa shape index (κ2) is 5.53. The highest BCUT2D eigenvalue weighted by Crippen LogP contribution is 2.29. The van der Waals surface area contributed by atoms with Crippen LogP contribution in [-0.2, 0) is 13.6 Å². The van der Waals surface area contributed by atoms with Gasteiger partial charge in [-0.1, -0.05) is 6.92 Å². The van der Waals surface area contributed by atoms with Gasteiger partial charge in [-0.15, -0.1) is 11.8 Å². The third-order valence-corrected chi connectivity index (χ3v) is 3.71. The summed E-state index contributed by atoms with van der Waals surface area (Å²) < 4.78 is 1.87. The molecule has 4 nitrogen and oxygen atoms in total. The smallest absolute Gasteiger partial charge is 0.0986 e. The lowest BCUT2D eigenvalue weighted by atomic mass is 10.3. The first-order valence-corrected chi connectivity index (χ1v) is 5.98. The van der Waals surface area contributed by atoms with Gasteiger partial charge in [-0.2, -0.15) is 5.10 Å². The van der Waals surface area contributed by atoms with Crippen LogP contribution in [0.25, 0.3) is 0 Å². The summed E-state index contributed by atoms with van der Waals surface area (Å²) in [5.41, 5.74) is 7.82. The fraction of sp³-hybridized carbons (Fsp3) is 0.700. The molecule has 0 bridgehead atoms. The molecule has 1 heterocycles. The highest BCUT2D eigenvalue weighted by Gasteiger charge is 2.14. The number of aliphatic hydroxyl groups excluding tert-OH is 1. The number of hydrogen-bond donors (Lipinski definition) is 2. The van der Waals surface area contributed by atoms with Crippen molar-refractivity contribution in [3.05, 3.63) is 11.3 Å². The van der Waals surface area contributed by atoms with Gasteiger partial charge in [0, 0.05) is 31.0 Å². The first-order valence-electron chi connectivity index (χ1n) is 5.10. The molecule has 0 aromatic carbocycles. The lowest BCUT2D eigenvalue weighted by Crippen LogP contribution is -2.05. The van der Waals surface area contributed by atoms with Crippen molar-refractivity contribution in [2.45, 2.75) is 37.1 Å². The van der Waals surface area contributed by atoms with E-state index in [9.17, 15) is 0 Å². The van der Waals surface area contributed by atoms with Crippen LogP contribution in [0.2, 0.25) is 0 Å². The molecule has 0 saturated heterocycles. The average molecular weight is 229 g/mol. The van der Waals surface area contributed by atoms with Gasteiger partial charge in [-0.25, -0.2) is 0 Å². The van der Waals surface area contributed by atoms with Gasteiger partial charge < -0.3 is 10.8 Å². The SMILES string of the molecule is Cc1nn(C)c(SC(C)CCO)c1CN. The van der Waals surface area contributed by atoms with Crippen molar-refractivity contribution in [2.24, 2.45) is 12.8 Å². The monoisotopic (exact) mass is 229 g/mol. The van der Waals surface area contributed by atoms with Crippen LogP contribution in [0, 0.1) is 6.92 Å². The Kier molecular flexibility index (Phi) is 4.63. The largest absolute Gasteiger partial charge is 0.396 e. The molecule has 1 unspecified atom stereocenters. The molecule has 0 aliphatic heterocycles. The molecule has 0 aliphatic carbocycles. The van der Waals surface area contributed by atoms with Gasteiger partial charge in [-0.05, 0) is 13.3 Å². The molecular weight excluding hydrogens is 210 g/mol. The Morgan fingerprint density at radius 3 is 2.80 bits per heavy atom. The quantitative estimate of drug-likeness (QED) is 0.741. The molecule has 0 aliphatic rings. The predicted octanol–water partition coefficient (Wildman–Crippen LogP) is 1.05. The number of nitrogens with zero attached hydrogens (tertiary/aromatic N) is 2. The molecule has 0 radical (unpaired) electrons. The Labute approximate surface area is 94.9 Å². The molecule has 0 spiro atoms. The van der Waals surface area contributed by atoms with Crippen LogP contribution in [0.5, 0.6) is 0 Å². The van der Waals surface area contributed by atoms with E-state index in [-0.39, 0.29) is 6.61 Å². The van der Waals surface area contributed by atoms with E-state index < -0.39 is 0 Å². The first-order chi connectivity index (χ1) is 7.10. The van der Waals surface area contributed by atoms with Crippen LogP contribution in [0.15, 0.2) is 5.03 Å². The van der Waals surface area contributed by atoms with Crippen molar-refractivity contribution in [3.63, 3.8) is 0 Å². The van der Waals surface area contributed by atoms with E-state index in [1.807, 2.05) is 18.7 Å². The molecule has 86 valence electrons. The number of aryl methyl sites for hydroxylation is 2. The zero-order valence-corrected chi connectivity index (χ0v) is 10.3. The fourth-order valence-electron chi connectivity index (χ4n) is 1.49. The molecule has 0 saturated carbocycles. The average Bonchev–Trinajstić information content (AvgIpc) is 2.42. The summed E-state index contributed by atoms with van der Waals surface area (Å²) in [7, 11) is 1.93. The Morgan fingerprint density at radius 2 is 2.27 bits per heavy atom. The first kappa shape index (κ1) is 12.5. The normalized spacial score (nSPS) is 13.1. The number of aromatic nitrogens is 2. The summed E-state index contributed by atoms with van der Waals surface area (Å²) in [6.07, 6.45) is 0.791. The van der Waals surface area contributed by atoms with Crippen molar-refractivity contribution in [1.29, 1.82) is 0 Å². The zero-order chi connectivity index (χ0) is 11.4. The molecule has 0 fully saturated rings. The van der Waals surface area contributed by atoms with Crippen LogP contribution in [0.4, 0.5) is 0 Å². The highest BCUT2D eigenvalue weighted by atomic mass is 32.2. The number of aliphatic hydroxyl groups is 1. The van der Waals surface area contributed by atoms with Gasteiger partial charge in [0.2, 0.25) is 0 Å². The lowest BCUT2D eigenvalue weighted by Gasteiger charge is -2.10. The van der Waals surface area contributed by atoms with Crippen LogP contribution < -0.4 is 5.73 Å². The Balaban J connectivity index is 2.83. The number of hydrogen-bond acceptors (Lipinski definition) is 4. The predicted molar refractivity (Wildman–Crippen MR) is 62.9 cm³/mol. The van der Waals surface area contributed by atoms with Crippen molar-refractivity contribution < 1.29 is 5.11 Å². The maximum absolute atomic E-state index is 8.86. The summed E-state index contributed by atoms with van der Waals surface area (Å²) >= 11 is 1.73. The lowest BCUT2D eigenvalue weighted by molar-refractivity contribution is 0.289. The summed E-state index contributed by atoms with van der Waals surface area (Å²) in [6, 6.07) is 0. The van der Waals surface area contributed by atoms with Crippen LogP contribution in [0.3, 0.4) is 0 Å². The molecule has 1 aromatic heterocycles. The van der Waals surface area contributed by atoms with Crippen molar-refractivity contribution >= 4 is 11.8 Å². The van der Waals surface area contributed by atoms with Gasteiger partial charge in [-0.3, -0.25) is 4.68 Å². The number of nitrogens with two attached hydrogens (primary N) is 1. The molecular formula is C10H19N3OS. The maximum Gasteiger partial charge on any atom is 0.0986 e. The van der Waals surface area contributed by atoms with Crippen LogP contribution in [-0.4, -0.2) is 26.7 Å². The minimum atomic E-state index is 0.225. The van der Waals surface area contributed by atoms with E-state index >= 15 is 0 Å². The van der Waals surface area contributed by atoms with E-state index in [2.05, 4.69) is 12.0 Å². The van der Waals surface area contributed by atoms with Crippen LogP contribution in [0.1, 0.15) is 24.6 Å². The van der Waals surface area contributed by atoms with E-state index in [4.69, 9.17) is 10.8 Å². The van der Waals surface area contributed by atoms with Gasteiger partial charge in [0.15, 0.2) is 0 Å². The molecule has 15 heavy (non-hydrogen) atoms. The Morgan fingerprint density at radius 1 is 1.60 bits per heavy atom. The zero-order valence-electron chi connectivity index (χ0n) is 9.53.